The van der Waals surface area contributed by atoms with Crippen LogP contribution in [0, 0.1) is 6.92 Å². The Hall–Kier alpha value is -2.05. The molecule has 0 atom stereocenters. The molecule has 0 aliphatic heterocycles. The van der Waals surface area contributed by atoms with Crippen LogP contribution in [0.4, 0.5) is 0 Å². The number of carbonyl (C=O) groups is 1. The van der Waals surface area contributed by atoms with E-state index in [-0.39, 0.29) is 5.91 Å². The number of nitrogens with one attached hydrogen (secondary N) is 1. The van der Waals surface area contributed by atoms with Crippen LogP contribution < -0.4 is 5.32 Å². The highest BCUT2D eigenvalue weighted by Gasteiger charge is 2.13. The van der Waals surface area contributed by atoms with E-state index >= 15 is 0 Å². The van der Waals surface area contributed by atoms with Gasteiger partial charge in [0.15, 0.2) is 0 Å². The quantitative estimate of drug-likeness (QED) is 0.724. The van der Waals surface area contributed by atoms with Crippen LogP contribution in [0.2, 0.25) is 0 Å². The molecule has 2 aromatic heterocycles. The van der Waals surface area contributed by atoms with E-state index in [9.17, 15) is 4.79 Å². The number of amides is 1. The Morgan fingerprint density at radius 2 is 1.88 bits per heavy atom. The molecule has 0 fully saturated rings. The van der Waals surface area contributed by atoms with E-state index in [4.69, 9.17) is 0 Å². The molecule has 0 saturated carbocycles. The first-order valence-electron chi connectivity index (χ1n) is 7.78. The fourth-order valence-corrected chi connectivity index (χ4v) is 3.78. The molecule has 0 spiro atoms. The highest BCUT2D eigenvalue weighted by atomic mass is 32.1. The third-order valence-corrected chi connectivity index (χ3v) is 5.61. The predicted molar refractivity (Wildman–Crippen MR) is 99.7 cm³/mol. The summed E-state index contributed by atoms with van der Waals surface area (Å²) in [5, 5.41) is 8.63. The number of rotatable bonds is 5. The normalized spacial score (nSPS) is 11.0. The highest BCUT2D eigenvalue weighted by Crippen LogP contribution is 2.24. The molecule has 3 rings (SSSR count). The molecule has 0 unspecified atom stereocenters. The van der Waals surface area contributed by atoms with Gasteiger partial charge in [0, 0.05) is 22.2 Å². The summed E-state index contributed by atoms with van der Waals surface area (Å²) in [5.74, 6) is 0.249. The molecule has 1 aromatic carbocycles. The van der Waals surface area contributed by atoms with Crippen LogP contribution in [0.1, 0.15) is 46.5 Å². The highest BCUT2D eigenvalue weighted by molar-refractivity contribution is 7.13. The maximum atomic E-state index is 12.3. The maximum Gasteiger partial charge on any atom is 0.271 e. The Bertz CT molecular complexity index is 834. The Balaban J connectivity index is 1.64. The lowest BCUT2D eigenvalue weighted by atomic mass is 10.2. The average molecular weight is 358 g/mol. The Kier molecular flexibility index (Phi) is 5.06. The molecule has 1 amide bonds. The molecule has 6 heteroatoms. The van der Waals surface area contributed by atoms with E-state index in [1.54, 1.807) is 16.7 Å². The van der Waals surface area contributed by atoms with Crippen molar-refractivity contribution < 1.29 is 4.79 Å². The van der Waals surface area contributed by atoms with Crippen LogP contribution in [-0.2, 0) is 6.54 Å². The SMILES string of the molecule is Cc1ccc(-c2nc(C(=O)NCc3csc(C(C)C)n3)cs2)cc1. The number of aryl methyl sites for hydroxylation is 1. The van der Waals surface area contributed by atoms with Crippen LogP contribution in [0.5, 0.6) is 0 Å². The fraction of sp³-hybridized carbons (Fsp3) is 0.278. The van der Waals surface area contributed by atoms with Gasteiger partial charge in [-0.1, -0.05) is 43.7 Å². The van der Waals surface area contributed by atoms with Crippen molar-refractivity contribution in [3.05, 3.63) is 57.0 Å². The summed E-state index contributed by atoms with van der Waals surface area (Å²) in [5.41, 5.74) is 3.59. The first kappa shape index (κ1) is 16.8. The number of carbonyl (C=O) groups excluding carboxylic acids is 1. The minimum atomic E-state index is -0.163. The Morgan fingerprint density at radius 1 is 1.12 bits per heavy atom. The first-order valence-corrected chi connectivity index (χ1v) is 9.54. The zero-order valence-corrected chi connectivity index (χ0v) is 15.5. The van der Waals surface area contributed by atoms with Gasteiger partial charge >= 0.3 is 0 Å². The monoisotopic (exact) mass is 357 g/mol. The smallest absolute Gasteiger partial charge is 0.271 e. The zero-order chi connectivity index (χ0) is 17.1. The second-order valence-corrected chi connectivity index (χ2v) is 7.67. The lowest BCUT2D eigenvalue weighted by Gasteiger charge is -2.01. The minimum Gasteiger partial charge on any atom is -0.345 e. The van der Waals surface area contributed by atoms with Gasteiger partial charge in [-0.05, 0) is 6.92 Å². The van der Waals surface area contributed by atoms with Crippen molar-refractivity contribution in [3.63, 3.8) is 0 Å². The average Bonchev–Trinajstić information content (AvgIpc) is 3.23. The van der Waals surface area contributed by atoms with E-state index in [1.165, 1.54) is 16.9 Å². The third-order valence-electron chi connectivity index (χ3n) is 3.53. The molecule has 124 valence electrons. The van der Waals surface area contributed by atoms with Crippen molar-refractivity contribution in [2.24, 2.45) is 0 Å². The number of aromatic nitrogens is 2. The molecular formula is C18H19N3OS2. The van der Waals surface area contributed by atoms with Gasteiger partial charge in [0.2, 0.25) is 0 Å². The van der Waals surface area contributed by atoms with E-state index < -0.39 is 0 Å². The number of hydrogen-bond acceptors (Lipinski definition) is 5. The van der Waals surface area contributed by atoms with Crippen molar-refractivity contribution in [2.75, 3.05) is 0 Å². The number of benzene rings is 1. The summed E-state index contributed by atoms with van der Waals surface area (Å²) in [6.45, 7) is 6.71. The first-order chi connectivity index (χ1) is 11.5. The number of thiazole rings is 2. The summed E-state index contributed by atoms with van der Waals surface area (Å²) in [7, 11) is 0. The molecule has 1 N–H and O–H groups in total. The molecule has 0 radical (unpaired) electrons. The summed E-state index contributed by atoms with van der Waals surface area (Å²) < 4.78 is 0. The van der Waals surface area contributed by atoms with Crippen molar-refractivity contribution in [1.82, 2.24) is 15.3 Å². The minimum absolute atomic E-state index is 0.163. The van der Waals surface area contributed by atoms with Gasteiger partial charge in [-0.25, -0.2) is 9.97 Å². The Morgan fingerprint density at radius 3 is 2.54 bits per heavy atom. The van der Waals surface area contributed by atoms with E-state index in [0.29, 0.717) is 18.2 Å². The van der Waals surface area contributed by atoms with Crippen molar-refractivity contribution in [3.8, 4) is 10.6 Å². The molecule has 2 heterocycles. The number of hydrogen-bond donors (Lipinski definition) is 1. The van der Waals surface area contributed by atoms with Crippen LogP contribution in [0.3, 0.4) is 0 Å². The van der Waals surface area contributed by atoms with E-state index in [2.05, 4.69) is 29.1 Å². The second kappa shape index (κ2) is 7.23. The maximum absolute atomic E-state index is 12.3. The largest absolute Gasteiger partial charge is 0.345 e. The van der Waals surface area contributed by atoms with Crippen LogP contribution in [0.25, 0.3) is 10.6 Å². The van der Waals surface area contributed by atoms with Crippen LogP contribution >= 0.6 is 22.7 Å². The lowest BCUT2D eigenvalue weighted by Crippen LogP contribution is -2.23. The molecule has 0 bridgehead atoms. The van der Waals surface area contributed by atoms with Gasteiger partial charge in [-0.2, -0.15) is 0 Å². The molecule has 4 nitrogen and oxygen atoms in total. The third kappa shape index (κ3) is 3.88. The molecule has 0 aliphatic carbocycles. The summed E-state index contributed by atoms with van der Waals surface area (Å²) in [6, 6.07) is 8.15. The van der Waals surface area contributed by atoms with Crippen LogP contribution in [-0.4, -0.2) is 15.9 Å². The van der Waals surface area contributed by atoms with Gasteiger partial charge in [0.05, 0.1) is 17.2 Å². The standard InChI is InChI=1S/C18H19N3OS2/c1-11(2)17-20-14(9-23-17)8-19-16(22)15-10-24-18(21-15)13-6-4-12(3)5-7-13/h4-7,9-11H,8H2,1-3H3,(H,19,22). The Labute approximate surface area is 149 Å². The second-order valence-electron chi connectivity index (χ2n) is 5.92. The van der Waals surface area contributed by atoms with E-state index in [0.717, 1.165) is 21.3 Å². The van der Waals surface area contributed by atoms with Crippen molar-refractivity contribution >= 4 is 28.6 Å². The van der Waals surface area contributed by atoms with Gasteiger partial charge in [-0.15, -0.1) is 22.7 Å². The molecule has 0 aliphatic rings. The van der Waals surface area contributed by atoms with Crippen molar-refractivity contribution in [1.29, 1.82) is 0 Å². The van der Waals surface area contributed by atoms with Gasteiger partial charge in [0.25, 0.3) is 5.91 Å². The zero-order valence-electron chi connectivity index (χ0n) is 13.9. The molecule has 24 heavy (non-hydrogen) atoms. The fourth-order valence-electron chi connectivity index (χ4n) is 2.14. The topological polar surface area (TPSA) is 54.9 Å². The molecule has 0 saturated heterocycles. The van der Waals surface area contributed by atoms with Gasteiger partial charge in [-0.3, -0.25) is 4.79 Å². The lowest BCUT2D eigenvalue weighted by molar-refractivity contribution is 0.0946. The summed E-state index contributed by atoms with van der Waals surface area (Å²) in [6.07, 6.45) is 0. The van der Waals surface area contributed by atoms with Gasteiger partial charge in [0.1, 0.15) is 10.7 Å². The molecular weight excluding hydrogens is 338 g/mol. The van der Waals surface area contributed by atoms with Crippen molar-refractivity contribution in [2.45, 2.75) is 33.2 Å². The van der Waals surface area contributed by atoms with Crippen LogP contribution in [0.15, 0.2) is 35.0 Å². The summed E-state index contributed by atoms with van der Waals surface area (Å²) in [4.78, 5) is 21.2. The number of nitrogens with zero attached hydrogens (tertiary/aromatic N) is 2. The van der Waals surface area contributed by atoms with Gasteiger partial charge < -0.3 is 5.32 Å². The van der Waals surface area contributed by atoms with E-state index in [1.807, 2.05) is 36.6 Å². The molecule has 3 aromatic rings. The predicted octanol–water partition coefficient (Wildman–Crippen LogP) is 4.63. The summed E-state index contributed by atoms with van der Waals surface area (Å²) >= 11 is 3.11.